The summed E-state index contributed by atoms with van der Waals surface area (Å²) in [5.41, 5.74) is 0.457. The summed E-state index contributed by atoms with van der Waals surface area (Å²) in [7, 11) is 0. The van der Waals surface area contributed by atoms with Crippen molar-refractivity contribution in [3.8, 4) is 0 Å². The van der Waals surface area contributed by atoms with Crippen molar-refractivity contribution in [2.24, 2.45) is 0 Å². The Labute approximate surface area is 87.1 Å². The fourth-order valence-corrected chi connectivity index (χ4v) is 1.04. The van der Waals surface area contributed by atoms with E-state index in [0.29, 0.717) is 5.56 Å². The van der Waals surface area contributed by atoms with Gasteiger partial charge in [-0.1, -0.05) is 18.2 Å². The van der Waals surface area contributed by atoms with Gasteiger partial charge in [-0.05, 0) is 13.0 Å². The van der Waals surface area contributed by atoms with Crippen LogP contribution in [-0.2, 0) is 11.3 Å². The molecule has 0 unspecified atom stereocenters. The number of carbonyl (C=O) groups is 1. The summed E-state index contributed by atoms with van der Waals surface area (Å²) in [5, 5.41) is 1.93. The first kappa shape index (κ1) is 11.0. The lowest BCUT2D eigenvalue weighted by Crippen LogP contribution is -2.29. The highest BCUT2D eigenvalue weighted by atomic mass is 35.5. The molecule has 76 valence electrons. The minimum atomic E-state index is -0.596. The van der Waals surface area contributed by atoms with Gasteiger partial charge in [0.15, 0.2) is 0 Å². The van der Waals surface area contributed by atoms with Crippen molar-refractivity contribution in [1.82, 2.24) is 5.32 Å². The van der Waals surface area contributed by atoms with Crippen LogP contribution in [0.25, 0.3) is 0 Å². The molecule has 0 aliphatic heterocycles. The van der Waals surface area contributed by atoms with Gasteiger partial charge in [0.05, 0.1) is 0 Å². The molecule has 0 saturated heterocycles. The molecule has 1 aromatic carbocycles. The predicted molar refractivity (Wildman–Crippen MR) is 53.6 cm³/mol. The van der Waals surface area contributed by atoms with Crippen molar-refractivity contribution < 1.29 is 9.18 Å². The second-order valence-electron chi connectivity index (χ2n) is 2.93. The number of hydrogen-bond acceptors (Lipinski definition) is 1. The quantitative estimate of drug-likeness (QED) is 0.769. The maximum Gasteiger partial charge on any atom is 0.238 e. The average molecular weight is 216 g/mol. The fraction of sp³-hybridized carbons (Fsp3) is 0.300. The van der Waals surface area contributed by atoms with Crippen LogP contribution < -0.4 is 5.32 Å². The summed E-state index contributed by atoms with van der Waals surface area (Å²) >= 11 is 5.53. The number of hydrogen-bond donors (Lipinski definition) is 1. The highest BCUT2D eigenvalue weighted by Crippen LogP contribution is 2.05. The van der Waals surface area contributed by atoms with Crippen LogP contribution in [0, 0.1) is 5.82 Å². The second kappa shape index (κ2) is 4.96. The number of nitrogens with one attached hydrogen (secondary N) is 1. The van der Waals surface area contributed by atoms with E-state index in [0.717, 1.165) is 0 Å². The summed E-state index contributed by atoms with van der Waals surface area (Å²) in [6.45, 7) is 1.74. The summed E-state index contributed by atoms with van der Waals surface area (Å²) in [6, 6.07) is 6.29. The summed E-state index contributed by atoms with van der Waals surface area (Å²) in [4.78, 5) is 11.1. The van der Waals surface area contributed by atoms with Gasteiger partial charge < -0.3 is 5.32 Å². The molecular formula is C10H11ClFNO. The van der Waals surface area contributed by atoms with E-state index >= 15 is 0 Å². The molecule has 1 N–H and O–H groups in total. The second-order valence-corrected chi connectivity index (χ2v) is 3.58. The zero-order chi connectivity index (χ0) is 10.6. The Morgan fingerprint density at radius 3 is 2.79 bits per heavy atom. The van der Waals surface area contributed by atoms with Crippen LogP contribution >= 0.6 is 11.6 Å². The smallest absolute Gasteiger partial charge is 0.238 e. The molecule has 1 aromatic rings. The molecule has 0 heterocycles. The zero-order valence-corrected chi connectivity index (χ0v) is 8.51. The Hall–Kier alpha value is -1.09. The van der Waals surface area contributed by atoms with Gasteiger partial charge >= 0.3 is 0 Å². The fourth-order valence-electron chi connectivity index (χ4n) is 0.965. The monoisotopic (exact) mass is 215 g/mol. The minimum Gasteiger partial charge on any atom is -0.351 e. The molecule has 0 radical (unpaired) electrons. The van der Waals surface area contributed by atoms with Gasteiger partial charge in [0, 0.05) is 12.1 Å². The third-order valence-corrected chi connectivity index (χ3v) is 1.97. The van der Waals surface area contributed by atoms with Gasteiger partial charge in [0.1, 0.15) is 11.2 Å². The van der Waals surface area contributed by atoms with Gasteiger partial charge in [-0.15, -0.1) is 11.6 Å². The number of carbonyl (C=O) groups excluding carboxylic acids is 1. The Kier molecular flexibility index (Phi) is 3.89. The van der Waals surface area contributed by atoms with Gasteiger partial charge in [0.2, 0.25) is 5.91 Å². The third-order valence-electron chi connectivity index (χ3n) is 1.77. The summed E-state index contributed by atoms with van der Waals surface area (Å²) in [6.07, 6.45) is 0. The largest absolute Gasteiger partial charge is 0.351 e. The molecule has 0 bridgehead atoms. The van der Waals surface area contributed by atoms with Crippen LogP contribution in [0.15, 0.2) is 24.3 Å². The van der Waals surface area contributed by atoms with Crippen molar-refractivity contribution in [1.29, 1.82) is 0 Å². The lowest BCUT2D eigenvalue weighted by molar-refractivity contribution is -0.120. The molecule has 4 heteroatoms. The SMILES string of the molecule is C[C@@H](Cl)C(=O)NCc1ccccc1F. The van der Waals surface area contributed by atoms with Crippen molar-refractivity contribution in [2.45, 2.75) is 18.8 Å². The first-order valence-corrected chi connectivity index (χ1v) is 4.70. The van der Waals surface area contributed by atoms with E-state index in [2.05, 4.69) is 5.32 Å². The van der Waals surface area contributed by atoms with E-state index < -0.39 is 5.38 Å². The Balaban J connectivity index is 2.54. The van der Waals surface area contributed by atoms with E-state index in [4.69, 9.17) is 11.6 Å². The molecule has 1 rings (SSSR count). The Morgan fingerprint density at radius 2 is 2.21 bits per heavy atom. The highest BCUT2D eigenvalue weighted by molar-refractivity contribution is 6.30. The molecule has 0 aromatic heterocycles. The minimum absolute atomic E-state index is 0.169. The van der Waals surface area contributed by atoms with E-state index in [-0.39, 0.29) is 18.3 Å². The number of alkyl halides is 1. The molecule has 0 aliphatic rings. The van der Waals surface area contributed by atoms with Crippen LogP contribution in [0.1, 0.15) is 12.5 Å². The van der Waals surface area contributed by atoms with Crippen molar-refractivity contribution >= 4 is 17.5 Å². The van der Waals surface area contributed by atoms with E-state index in [9.17, 15) is 9.18 Å². The van der Waals surface area contributed by atoms with Crippen molar-refractivity contribution in [3.05, 3.63) is 35.6 Å². The van der Waals surface area contributed by atoms with Crippen LogP contribution in [0.3, 0.4) is 0 Å². The van der Waals surface area contributed by atoms with Crippen molar-refractivity contribution in [2.75, 3.05) is 0 Å². The third kappa shape index (κ3) is 3.00. The Morgan fingerprint density at radius 1 is 1.57 bits per heavy atom. The molecule has 0 aliphatic carbocycles. The number of halogens is 2. The average Bonchev–Trinajstić information content (AvgIpc) is 2.16. The van der Waals surface area contributed by atoms with Crippen LogP contribution in [-0.4, -0.2) is 11.3 Å². The standard InChI is InChI=1S/C10H11ClFNO/c1-7(11)10(14)13-6-8-4-2-3-5-9(8)12/h2-5,7H,6H2,1H3,(H,13,14)/t7-/m1/s1. The summed E-state index contributed by atoms with van der Waals surface area (Å²) in [5.74, 6) is -0.620. The molecule has 0 spiro atoms. The number of rotatable bonds is 3. The Bertz CT molecular complexity index is 328. The van der Waals surface area contributed by atoms with Crippen LogP contribution in [0.2, 0.25) is 0 Å². The van der Waals surface area contributed by atoms with E-state index in [1.165, 1.54) is 6.07 Å². The van der Waals surface area contributed by atoms with Crippen molar-refractivity contribution in [3.63, 3.8) is 0 Å². The maximum atomic E-state index is 13.1. The highest BCUT2D eigenvalue weighted by Gasteiger charge is 2.08. The van der Waals surface area contributed by atoms with Crippen LogP contribution in [0.5, 0.6) is 0 Å². The molecular weight excluding hydrogens is 205 g/mol. The maximum absolute atomic E-state index is 13.1. The van der Waals surface area contributed by atoms with Gasteiger partial charge in [-0.25, -0.2) is 4.39 Å². The topological polar surface area (TPSA) is 29.1 Å². The molecule has 0 saturated carbocycles. The van der Waals surface area contributed by atoms with Crippen LogP contribution in [0.4, 0.5) is 4.39 Å². The number of benzene rings is 1. The first-order chi connectivity index (χ1) is 6.61. The van der Waals surface area contributed by atoms with Gasteiger partial charge in [-0.3, -0.25) is 4.79 Å². The molecule has 14 heavy (non-hydrogen) atoms. The van der Waals surface area contributed by atoms with Gasteiger partial charge in [0.25, 0.3) is 0 Å². The summed E-state index contributed by atoms with van der Waals surface area (Å²) < 4.78 is 13.1. The van der Waals surface area contributed by atoms with Gasteiger partial charge in [-0.2, -0.15) is 0 Å². The molecule has 2 nitrogen and oxygen atoms in total. The number of amides is 1. The molecule has 0 fully saturated rings. The predicted octanol–water partition coefficient (Wildman–Crippen LogP) is 2.07. The van der Waals surface area contributed by atoms with E-state index in [1.807, 2.05) is 0 Å². The molecule has 1 atom stereocenters. The zero-order valence-electron chi connectivity index (χ0n) is 7.76. The molecule has 1 amide bonds. The lowest BCUT2D eigenvalue weighted by Gasteiger charge is -2.06. The lowest BCUT2D eigenvalue weighted by atomic mass is 10.2. The van der Waals surface area contributed by atoms with E-state index in [1.54, 1.807) is 25.1 Å². The first-order valence-electron chi connectivity index (χ1n) is 4.26. The normalized spacial score (nSPS) is 12.2.